The van der Waals surface area contributed by atoms with Crippen molar-refractivity contribution in [1.82, 2.24) is 9.78 Å². The number of nitrogens with zero attached hydrogens (tertiary/aromatic N) is 2. The van der Waals surface area contributed by atoms with E-state index in [1.54, 1.807) is 11.8 Å². The van der Waals surface area contributed by atoms with Crippen LogP contribution in [0, 0.1) is 6.92 Å². The Hall–Kier alpha value is -1.55. The number of thioether (sulfide) groups is 1. The number of benzene rings is 1. The lowest BCUT2D eigenvalue weighted by Crippen LogP contribution is -2.08. The highest BCUT2D eigenvalue weighted by atomic mass is 32.2. The number of ketones is 1. The summed E-state index contributed by atoms with van der Waals surface area (Å²) in [6.45, 7) is 2.91. The first-order valence-corrected chi connectivity index (χ1v) is 8.51. The van der Waals surface area contributed by atoms with Gasteiger partial charge in [0.15, 0.2) is 5.78 Å². The van der Waals surface area contributed by atoms with E-state index >= 15 is 0 Å². The Morgan fingerprint density at radius 1 is 1.24 bits per heavy atom. The van der Waals surface area contributed by atoms with E-state index in [0.29, 0.717) is 5.75 Å². The minimum Gasteiger partial charge on any atom is -0.293 e. The van der Waals surface area contributed by atoms with E-state index < -0.39 is 0 Å². The van der Waals surface area contributed by atoms with E-state index in [1.807, 2.05) is 37.3 Å². The zero-order valence-electron chi connectivity index (χ0n) is 12.3. The van der Waals surface area contributed by atoms with Crippen molar-refractivity contribution in [3.63, 3.8) is 0 Å². The van der Waals surface area contributed by atoms with E-state index in [9.17, 15) is 4.79 Å². The van der Waals surface area contributed by atoms with Gasteiger partial charge in [-0.1, -0.05) is 24.6 Å². The smallest absolute Gasteiger partial charge is 0.176 e. The minimum atomic E-state index is 0.213. The average molecular weight is 300 g/mol. The molecule has 0 N–H and O–H groups in total. The molecule has 0 amide bonds. The molecule has 0 saturated heterocycles. The number of fused-ring (bicyclic) bond motifs is 1. The Kier molecular flexibility index (Phi) is 4.44. The Morgan fingerprint density at radius 3 is 2.86 bits per heavy atom. The molecule has 0 bridgehead atoms. The van der Waals surface area contributed by atoms with Crippen molar-refractivity contribution in [3.8, 4) is 0 Å². The van der Waals surface area contributed by atoms with E-state index in [2.05, 4.69) is 9.78 Å². The van der Waals surface area contributed by atoms with Crippen LogP contribution in [0.2, 0.25) is 0 Å². The first kappa shape index (κ1) is 14.4. The number of Topliss-reactive ketones (excluding diaryl/α,β-unsaturated/α-hetero) is 1. The molecule has 21 heavy (non-hydrogen) atoms. The maximum atomic E-state index is 12.6. The number of aromatic nitrogens is 2. The SMILES string of the molecule is Cc1nn2c(c1C(=O)CSc1ccccc1)CCCCC2. The average Bonchev–Trinajstić information content (AvgIpc) is 2.67. The van der Waals surface area contributed by atoms with Gasteiger partial charge in [0, 0.05) is 17.1 Å². The third-order valence-corrected chi connectivity index (χ3v) is 4.92. The number of rotatable bonds is 4. The zero-order chi connectivity index (χ0) is 14.7. The van der Waals surface area contributed by atoms with Crippen LogP contribution in [0.3, 0.4) is 0 Å². The highest BCUT2D eigenvalue weighted by Crippen LogP contribution is 2.24. The van der Waals surface area contributed by atoms with Crippen molar-refractivity contribution < 1.29 is 4.79 Å². The third-order valence-electron chi connectivity index (χ3n) is 3.91. The molecule has 0 radical (unpaired) electrons. The summed E-state index contributed by atoms with van der Waals surface area (Å²) in [5.41, 5.74) is 2.93. The van der Waals surface area contributed by atoms with Crippen LogP contribution in [-0.2, 0) is 13.0 Å². The van der Waals surface area contributed by atoms with Crippen LogP contribution in [0.1, 0.15) is 41.0 Å². The maximum Gasteiger partial charge on any atom is 0.176 e. The predicted octanol–water partition coefficient (Wildman–Crippen LogP) is 3.89. The van der Waals surface area contributed by atoms with Gasteiger partial charge in [-0.25, -0.2) is 0 Å². The third kappa shape index (κ3) is 3.21. The Balaban J connectivity index is 1.77. The van der Waals surface area contributed by atoms with Crippen molar-refractivity contribution in [1.29, 1.82) is 0 Å². The van der Waals surface area contributed by atoms with E-state index in [-0.39, 0.29) is 5.78 Å². The van der Waals surface area contributed by atoms with Crippen LogP contribution in [0.5, 0.6) is 0 Å². The standard InChI is InChI=1S/C17H20N2OS/c1-13-17(15-10-6-3-7-11-19(15)18-13)16(20)12-21-14-8-4-2-5-9-14/h2,4-5,8-9H,3,6-7,10-12H2,1H3. The lowest BCUT2D eigenvalue weighted by molar-refractivity contribution is 0.102. The molecule has 1 aromatic carbocycles. The van der Waals surface area contributed by atoms with Crippen molar-refractivity contribution >= 4 is 17.5 Å². The number of aryl methyl sites for hydroxylation is 2. The van der Waals surface area contributed by atoms with Crippen molar-refractivity contribution in [2.45, 2.75) is 44.0 Å². The molecule has 1 aromatic heterocycles. The van der Waals surface area contributed by atoms with Crippen LogP contribution < -0.4 is 0 Å². The second-order valence-corrected chi connectivity index (χ2v) is 6.51. The van der Waals surface area contributed by atoms with Crippen molar-refractivity contribution in [2.24, 2.45) is 0 Å². The first-order chi connectivity index (χ1) is 10.3. The number of hydrogen-bond acceptors (Lipinski definition) is 3. The molecule has 110 valence electrons. The van der Waals surface area contributed by atoms with Crippen molar-refractivity contribution in [2.75, 3.05) is 5.75 Å². The molecule has 1 aliphatic heterocycles. The fourth-order valence-corrected chi connectivity index (χ4v) is 3.69. The summed E-state index contributed by atoms with van der Waals surface area (Å²) in [6.07, 6.45) is 4.55. The monoisotopic (exact) mass is 300 g/mol. The van der Waals surface area contributed by atoms with E-state index in [4.69, 9.17) is 0 Å². The highest BCUT2D eigenvalue weighted by Gasteiger charge is 2.22. The van der Waals surface area contributed by atoms with Gasteiger partial charge in [0.2, 0.25) is 0 Å². The number of carbonyl (C=O) groups excluding carboxylic acids is 1. The van der Waals surface area contributed by atoms with Crippen molar-refractivity contribution in [3.05, 3.63) is 47.3 Å². The molecule has 2 aromatic rings. The van der Waals surface area contributed by atoms with Gasteiger partial charge in [-0.2, -0.15) is 5.10 Å². The fraction of sp³-hybridized carbons (Fsp3) is 0.412. The van der Waals surface area contributed by atoms with Gasteiger partial charge in [0.1, 0.15) is 0 Å². The van der Waals surface area contributed by atoms with Crippen LogP contribution >= 0.6 is 11.8 Å². The minimum absolute atomic E-state index is 0.213. The Labute approximate surface area is 129 Å². The summed E-state index contributed by atoms with van der Waals surface area (Å²) in [6, 6.07) is 10.1. The molecule has 0 atom stereocenters. The molecule has 2 heterocycles. The molecule has 0 fully saturated rings. The summed E-state index contributed by atoms with van der Waals surface area (Å²) < 4.78 is 2.06. The molecular weight excluding hydrogens is 280 g/mol. The number of hydrogen-bond donors (Lipinski definition) is 0. The molecule has 1 aliphatic rings. The van der Waals surface area contributed by atoms with Crippen LogP contribution in [-0.4, -0.2) is 21.3 Å². The van der Waals surface area contributed by atoms with Gasteiger partial charge in [-0.05, 0) is 38.3 Å². The second-order valence-electron chi connectivity index (χ2n) is 5.47. The predicted molar refractivity (Wildman–Crippen MR) is 86.0 cm³/mol. The summed E-state index contributed by atoms with van der Waals surface area (Å²) in [5, 5.41) is 4.57. The lowest BCUT2D eigenvalue weighted by atomic mass is 10.1. The first-order valence-electron chi connectivity index (χ1n) is 7.53. The van der Waals surface area contributed by atoms with Gasteiger partial charge in [-0.15, -0.1) is 11.8 Å². The largest absolute Gasteiger partial charge is 0.293 e. The zero-order valence-corrected chi connectivity index (χ0v) is 13.2. The van der Waals surface area contributed by atoms with Gasteiger partial charge in [-0.3, -0.25) is 9.48 Å². The summed E-state index contributed by atoms with van der Waals surface area (Å²) in [4.78, 5) is 13.8. The van der Waals surface area contributed by atoms with Gasteiger partial charge >= 0.3 is 0 Å². The van der Waals surface area contributed by atoms with Gasteiger partial charge < -0.3 is 0 Å². The summed E-state index contributed by atoms with van der Waals surface area (Å²) in [5.74, 6) is 0.702. The molecule has 0 spiro atoms. The Bertz CT molecular complexity index is 634. The Morgan fingerprint density at radius 2 is 2.05 bits per heavy atom. The highest BCUT2D eigenvalue weighted by molar-refractivity contribution is 8.00. The molecule has 3 nitrogen and oxygen atoms in total. The normalized spacial score (nSPS) is 14.5. The molecule has 0 unspecified atom stereocenters. The van der Waals surface area contributed by atoms with Crippen LogP contribution in [0.25, 0.3) is 0 Å². The molecule has 0 saturated carbocycles. The van der Waals surface area contributed by atoms with E-state index in [0.717, 1.165) is 41.2 Å². The topological polar surface area (TPSA) is 34.9 Å². The molecule has 4 heteroatoms. The van der Waals surface area contributed by atoms with Crippen LogP contribution in [0.4, 0.5) is 0 Å². The second kappa shape index (κ2) is 6.48. The maximum absolute atomic E-state index is 12.6. The molecular formula is C17H20N2OS. The quantitative estimate of drug-likeness (QED) is 0.634. The number of carbonyl (C=O) groups is 1. The molecule has 3 rings (SSSR count). The summed E-state index contributed by atoms with van der Waals surface area (Å²) >= 11 is 1.60. The summed E-state index contributed by atoms with van der Waals surface area (Å²) in [7, 11) is 0. The van der Waals surface area contributed by atoms with Crippen LogP contribution in [0.15, 0.2) is 35.2 Å². The fourth-order valence-electron chi connectivity index (χ4n) is 2.90. The molecule has 0 aliphatic carbocycles. The van der Waals surface area contributed by atoms with Gasteiger partial charge in [0.25, 0.3) is 0 Å². The van der Waals surface area contributed by atoms with Gasteiger partial charge in [0.05, 0.1) is 17.0 Å². The lowest BCUT2D eigenvalue weighted by Gasteiger charge is -2.05. The van der Waals surface area contributed by atoms with E-state index in [1.165, 1.54) is 12.8 Å².